The summed E-state index contributed by atoms with van der Waals surface area (Å²) in [6.45, 7) is 1.99. The van der Waals surface area contributed by atoms with Gasteiger partial charge in [-0.25, -0.2) is 4.98 Å². The van der Waals surface area contributed by atoms with E-state index in [2.05, 4.69) is 5.32 Å². The van der Waals surface area contributed by atoms with Crippen molar-refractivity contribution in [3.05, 3.63) is 76.5 Å². The quantitative estimate of drug-likeness (QED) is 0.505. The van der Waals surface area contributed by atoms with Crippen molar-refractivity contribution >= 4 is 17.6 Å². The molecule has 4 bridgehead atoms. The van der Waals surface area contributed by atoms with Gasteiger partial charge in [0.15, 0.2) is 11.5 Å². The fourth-order valence-corrected chi connectivity index (χ4v) is 5.93. The van der Waals surface area contributed by atoms with Crippen molar-refractivity contribution in [2.75, 3.05) is 38.7 Å². The molecule has 2 aliphatic heterocycles. The topological polar surface area (TPSA) is 119 Å². The number of nitrogens with two attached hydrogens (primary N) is 1. The van der Waals surface area contributed by atoms with Gasteiger partial charge in [0.25, 0.3) is 5.91 Å². The van der Waals surface area contributed by atoms with Gasteiger partial charge in [-0.05, 0) is 73.3 Å². The van der Waals surface area contributed by atoms with Gasteiger partial charge < -0.3 is 30.2 Å². The molecule has 41 heavy (non-hydrogen) atoms. The molecule has 3 heterocycles. The average molecular weight is 558 g/mol. The number of hydrogen-bond donors (Lipinski definition) is 2. The molecular weight excluding hydrogens is 522 g/mol. The molecule has 3 aliphatic rings. The molecule has 10 nitrogen and oxygen atoms in total. The second kappa shape index (κ2) is 11.4. The van der Waals surface area contributed by atoms with Gasteiger partial charge in [-0.15, -0.1) is 0 Å². The lowest BCUT2D eigenvalue weighted by Crippen LogP contribution is -2.47. The number of amides is 2. The van der Waals surface area contributed by atoms with Gasteiger partial charge in [-0.3, -0.25) is 14.5 Å². The van der Waals surface area contributed by atoms with Crippen molar-refractivity contribution in [3.63, 3.8) is 0 Å². The Morgan fingerprint density at radius 2 is 1.98 bits per heavy atom. The van der Waals surface area contributed by atoms with Crippen LogP contribution in [0.15, 0.2) is 48.5 Å². The van der Waals surface area contributed by atoms with Crippen molar-refractivity contribution in [3.8, 4) is 17.2 Å². The first-order chi connectivity index (χ1) is 19.9. The lowest BCUT2D eigenvalue weighted by atomic mass is 10.1. The molecule has 2 atom stereocenters. The van der Waals surface area contributed by atoms with E-state index in [-0.39, 0.29) is 24.6 Å². The van der Waals surface area contributed by atoms with Gasteiger partial charge in [0.1, 0.15) is 11.6 Å². The number of primary amides is 1. The number of ether oxygens (including phenoxy) is 3. The first kappa shape index (κ1) is 27.0. The monoisotopic (exact) mass is 557 g/mol. The number of fused-ring (bicyclic) bond motifs is 6. The highest BCUT2D eigenvalue weighted by molar-refractivity contribution is 5.98. The number of pyridine rings is 1. The Balaban J connectivity index is 1.30. The van der Waals surface area contributed by atoms with Crippen LogP contribution in [0.1, 0.15) is 39.2 Å². The van der Waals surface area contributed by atoms with E-state index in [1.807, 2.05) is 65.4 Å². The molecule has 0 radical (unpaired) electrons. The number of benzene rings is 2. The Bertz CT molecular complexity index is 1480. The largest absolute Gasteiger partial charge is 0.493 e. The van der Waals surface area contributed by atoms with Crippen molar-refractivity contribution in [1.82, 2.24) is 15.2 Å². The van der Waals surface area contributed by atoms with Gasteiger partial charge in [-0.1, -0.05) is 18.2 Å². The van der Waals surface area contributed by atoms with Crippen molar-refractivity contribution < 1.29 is 23.8 Å². The Labute approximate surface area is 239 Å². The highest BCUT2D eigenvalue weighted by Crippen LogP contribution is 2.34. The summed E-state index contributed by atoms with van der Waals surface area (Å²) in [6.07, 6.45) is 2.47. The fourth-order valence-electron chi connectivity index (χ4n) is 5.93. The van der Waals surface area contributed by atoms with Gasteiger partial charge in [0.05, 0.1) is 38.0 Å². The number of carbonyl (C=O) groups is 2. The Morgan fingerprint density at radius 3 is 2.80 bits per heavy atom. The van der Waals surface area contributed by atoms with Crippen molar-refractivity contribution in [2.24, 2.45) is 5.73 Å². The number of likely N-dealkylation sites (N-methyl/N-ethyl adjacent to an activating group) is 1. The summed E-state index contributed by atoms with van der Waals surface area (Å²) in [5.41, 5.74) is 10.2. The molecule has 6 rings (SSSR count). The smallest absolute Gasteiger partial charge is 0.252 e. The summed E-state index contributed by atoms with van der Waals surface area (Å²) in [6, 6.07) is 15.1. The van der Waals surface area contributed by atoms with Crippen LogP contribution in [-0.4, -0.2) is 67.6 Å². The number of carbonyl (C=O) groups excluding carboxylic acids is 2. The van der Waals surface area contributed by atoms with Crippen LogP contribution >= 0.6 is 0 Å². The van der Waals surface area contributed by atoms with Crippen LogP contribution in [0.25, 0.3) is 0 Å². The number of anilines is 1. The zero-order valence-corrected chi connectivity index (χ0v) is 23.4. The highest BCUT2D eigenvalue weighted by atomic mass is 16.5. The minimum atomic E-state index is -0.503. The molecule has 1 fully saturated rings. The predicted molar refractivity (Wildman–Crippen MR) is 153 cm³/mol. The number of nitrogens with zero attached hydrogens (tertiary/aromatic N) is 3. The van der Waals surface area contributed by atoms with Gasteiger partial charge in [0.2, 0.25) is 5.91 Å². The molecular formula is C31H35N5O5. The molecule has 10 heteroatoms. The van der Waals surface area contributed by atoms with E-state index in [9.17, 15) is 9.59 Å². The summed E-state index contributed by atoms with van der Waals surface area (Å²) >= 11 is 0. The first-order valence-electron chi connectivity index (χ1n) is 14.0. The zero-order valence-electron chi connectivity index (χ0n) is 23.4. The third-order valence-corrected chi connectivity index (χ3v) is 7.89. The number of methoxy groups -OCH3 is 1. The molecule has 2 aromatic carbocycles. The number of aryl methyl sites for hydroxylation is 2. The molecule has 0 spiro atoms. The summed E-state index contributed by atoms with van der Waals surface area (Å²) in [7, 11) is 3.51. The van der Waals surface area contributed by atoms with E-state index in [0.717, 1.165) is 41.6 Å². The Morgan fingerprint density at radius 1 is 1.10 bits per heavy atom. The van der Waals surface area contributed by atoms with Crippen molar-refractivity contribution in [2.45, 2.75) is 44.6 Å². The molecule has 1 aromatic heterocycles. The van der Waals surface area contributed by atoms with Crippen LogP contribution < -0.4 is 25.4 Å². The molecule has 0 saturated carbocycles. The Kier molecular flexibility index (Phi) is 7.51. The second-order valence-corrected chi connectivity index (χ2v) is 11.0. The van der Waals surface area contributed by atoms with Crippen LogP contribution in [0.2, 0.25) is 0 Å². The molecule has 1 aliphatic carbocycles. The van der Waals surface area contributed by atoms with E-state index in [1.165, 1.54) is 0 Å². The number of rotatable bonds is 3. The standard InChI is InChI=1S/C31H35N5O5/c1-35-14-19-9-10-26(39-2)27(12-19)41-22-7-3-5-20(11-22)18-40-28-16-36(15-25(28)33-29(37)17-35)31-23(30(32)38)13-21-6-4-8-24(21)34-31/h3,5,7,9-13,25,28H,4,6,8,14-18H2,1-2H3,(H2,32,38)(H,33,37)/t25-,28-/m0/s1. The second-order valence-electron chi connectivity index (χ2n) is 11.0. The third kappa shape index (κ3) is 5.84. The molecule has 0 unspecified atom stereocenters. The van der Waals surface area contributed by atoms with Crippen LogP contribution in [-0.2, 0) is 35.5 Å². The average Bonchev–Trinajstić information content (AvgIpc) is 3.57. The number of nitrogens with one attached hydrogen (secondary N) is 1. The number of hydrogen-bond acceptors (Lipinski definition) is 8. The molecule has 3 N–H and O–H groups in total. The third-order valence-electron chi connectivity index (χ3n) is 7.89. The number of aromatic nitrogens is 1. The molecule has 2 amide bonds. The summed E-state index contributed by atoms with van der Waals surface area (Å²) in [4.78, 5) is 34.5. The van der Waals surface area contributed by atoms with E-state index < -0.39 is 5.91 Å². The highest BCUT2D eigenvalue weighted by Gasteiger charge is 2.37. The van der Waals surface area contributed by atoms with Crippen LogP contribution in [0.3, 0.4) is 0 Å². The van der Waals surface area contributed by atoms with Crippen LogP contribution in [0, 0.1) is 0 Å². The van der Waals surface area contributed by atoms with Gasteiger partial charge in [-0.2, -0.15) is 0 Å². The van der Waals surface area contributed by atoms with E-state index in [1.54, 1.807) is 7.11 Å². The molecule has 214 valence electrons. The summed E-state index contributed by atoms with van der Waals surface area (Å²) in [5.74, 6) is 1.86. The maximum absolute atomic E-state index is 13.2. The van der Waals surface area contributed by atoms with Crippen molar-refractivity contribution in [1.29, 1.82) is 0 Å². The zero-order chi connectivity index (χ0) is 28.5. The van der Waals surface area contributed by atoms with E-state index >= 15 is 0 Å². The predicted octanol–water partition coefficient (Wildman–Crippen LogP) is 2.81. The molecule has 1 saturated heterocycles. The van der Waals surface area contributed by atoms with E-state index in [4.69, 9.17) is 24.9 Å². The maximum atomic E-state index is 13.2. The lowest BCUT2D eigenvalue weighted by Gasteiger charge is -2.23. The minimum absolute atomic E-state index is 0.107. The fraction of sp³-hybridized carbons (Fsp3) is 0.387. The van der Waals surface area contributed by atoms with Crippen LogP contribution in [0.5, 0.6) is 17.2 Å². The summed E-state index contributed by atoms with van der Waals surface area (Å²) in [5, 5.41) is 3.19. The first-order valence-corrected chi connectivity index (χ1v) is 14.0. The molecule has 3 aromatic rings. The lowest BCUT2D eigenvalue weighted by molar-refractivity contribution is -0.123. The maximum Gasteiger partial charge on any atom is 0.252 e. The van der Waals surface area contributed by atoms with Crippen LogP contribution in [0.4, 0.5) is 5.82 Å². The SMILES string of the molecule is COc1ccc2cc1Oc1cccc(c1)CO[C@H]1CN(c3nc4c(cc3C(N)=O)CCC4)C[C@@H]1NC(=O)CN(C)C2. The van der Waals surface area contributed by atoms with Gasteiger partial charge >= 0.3 is 0 Å². The Hall–Kier alpha value is -4.15. The minimum Gasteiger partial charge on any atom is -0.493 e. The summed E-state index contributed by atoms with van der Waals surface area (Å²) < 4.78 is 18.2. The van der Waals surface area contributed by atoms with Gasteiger partial charge in [0, 0.05) is 25.3 Å². The normalized spacial score (nSPS) is 21.0. The van der Waals surface area contributed by atoms with E-state index in [0.29, 0.717) is 54.9 Å².